The molecule has 0 fully saturated rings. The Morgan fingerprint density at radius 2 is 1.32 bits per heavy atom. The molecule has 1 aromatic carbocycles. The number of hydrogen-bond donors (Lipinski definition) is 13. The molecule has 14 N–H and O–H groups in total. The molecule has 1 rings (SSSR count). The second-order valence-corrected chi connectivity index (χ2v) is 15.0. The van der Waals surface area contributed by atoms with Gasteiger partial charge in [-0.05, 0) is 56.2 Å². The van der Waals surface area contributed by atoms with E-state index in [0.717, 1.165) is 17.3 Å². The van der Waals surface area contributed by atoms with E-state index in [9.17, 15) is 48.3 Å². The molecule has 7 amide bonds. The van der Waals surface area contributed by atoms with Crippen LogP contribution in [0.4, 0.5) is 9.59 Å². The molecule has 0 aliphatic heterocycles. The van der Waals surface area contributed by atoms with E-state index in [2.05, 4.69) is 49.8 Å². The number of amides is 7. The Kier molecular flexibility index (Phi) is 27.2. The molecular weight excluding hydrogens is 827 g/mol. The summed E-state index contributed by atoms with van der Waals surface area (Å²) >= 11 is 4.92. The number of benzene rings is 1. The van der Waals surface area contributed by atoms with Crippen molar-refractivity contribution in [1.82, 2.24) is 37.2 Å². The second kappa shape index (κ2) is 30.8. The molecule has 0 saturated heterocycles. The van der Waals surface area contributed by atoms with Crippen LogP contribution in [0.1, 0.15) is 75.3 Å². The first kappa shape index (κ1) is 52.9. The van der Waals surface area contributed by atoms with Gasteiger partial charge in [0.25, 0.3) is 0 Å². The van der Waals surface area contributed by atoms with E-state index in [-0.39, 0.29) is 61.8 Å². The highest BCUT2D eigenvalue weighted by Gasteiger charge is 2.26. The fourth-order valence-corrected chi connectivity index (χ4v) is 6.26. The van der Waals surface area contributed by atoms with Gasteiger partial charge in [-0.1, -0.05) is 42.4 Å². The summed E-state index contributed by atoms with van der Waals surface area (Å²) in [6.07, 6.45) is 1.90. The fourth-order valence-electron chi connectivity index (χ4n) is 5.33. The van der Waals surface area contributed by atoms with Crippen LogP contribution in [0.5, 0.6) is 0 Å². The first-order chi connectivity index (χ1) is 28.6. The number of carbonyl (C=O) groups excluding carboxylic acids is 6. The van der Waals surface area contributed by atoms with Crippen LogP contribution in [0, 0.1) is 5.92 Å². The van der Waals surface area contributed by atoms with Gasteiger partial charge in [-0.2, -0.15) is 12.6 Å². The summed E-state index contributed by atoms with van der Waals surface area (Å²) in [7, 11) is 0. The van der Waals surface area contributed by atoms with Crippen molar-refractivity contribution in [2.45, 2.75) is 95.3 Å². The molecule has 0 aliphatic carbocycles. The molecule has 0 spiro atoms. The minimum Gasteiger partial charge on any atom is -0.481 e. The van der Waals surface area contributed by atoms with Crippen LogP contribution in [0.2, 0.25) is 0 Å². The maximum absolute atomic E-state index is 12.8. The van der Waals surface area contributed by atoms with Crippen molar-refractivity contribution in [3.63, 3.8) is 0 Å². The molecule has 1 aromatic rings. The number of carboxylic acid groups (broad SMARTS) is 3. The topological polar surface area (TPSA) is 351 Å². The van der Waals surface area contributed by atoms with E-state index in [1.54, 1.807) is 24.3 Å². The molecule has 0 aromatic heterocycles. The maximum Gasteiger partial charge on any atom is 0.326 e. The van der Waals surface area contributed by atoms with Crippen molar-refractivity contribution in [3.8, 4) is 0 Å². The summed E-state index contributed by atoms with van der Waals surface area (Å²) in [5, 5.41) is 44.6. The van der Waals surface area contributed by atoms with E-state index in [4.69, 9.17) is 21.7 Å². The predicted molar refractivity (Wildman–Crippen MR) is 225 cm³/mol. The number of thiol groups is 1. The van der Waals surface area contributed by atoms with Crippen LogP contribution in [0.15, 0.2) is 24.3 Å². The number of aliphatic carboxylic acids is 3. The highest BCUT2D eigenvalue weighted by atomic mass is 32.2. The van der Waals surface area contributed by atoms with E-state index in [1.165, 1.54) is 0 Å². The zero-order valence-electron chi connectivity index (χ0n) is 33.4. The van der Waals surface area contributed by atoms with E-state index in [1.807, 2.05) is 0 Å². The van der Waals surface area contributed by atoms with Gasteiger partial charge < -0.3 is 64.0 Å². The van der Waals surface area contributed by atoms with Crippen LogP contribution in [0.25, 0.3) is 0 Å². The maximum atomic E-state index is 12.8. The molecule has 21 nitrogen and oxygen atoms in total. The third-order valence-electron chi connectivity index (χ3n) is 8.67. The van der Waals surface area contributed by atoms with Gasteiger partial charge in [0.05, 0.1) is 18.7 Å². The highest BCUT2D eigenvalue weighted by Crippen LogP contribution is 2.18. The van der Waals surface area contributed by atoms with Crippen molar-refractivity contribution >= 4 is 77.2 Å². The molecule has 60 heavy (non-hydrogen) atoms. The molecule has 0 bridgehead atoms. The van der Waals surface area contributed by atoms with Crippen molar-refractivity contribution in [2.75, 3.05) is 37.8 Å². The number of nitrogens with one attached hydrogen (secondary N) is 7. The van der Waals surface area contributed by atoms with Crippen LogP contribution in [-0.4, -0.2) is 124 Å². The molecule has 0 heterocycles. The number of hydrogen-bond acceptors (Lipinski definition) is 13. The molecule has 23 heteroatoms. The lowest BCUT2D eigenvalue weighted by molar-refractivity contribution is -0.141. The second-order valence-electron chi connectivity index (χ2n) is 13.6. The molecule has 4 atom stereocenters. The van der Waals surface area contributed by atoms with Crippen molar-refractivity contribution in [2.24, 2.45) is 17.4 Å². The number of urea groups is 2. The zero-order chi connectivity index (χ0) is 44.9. The van der Waals surface area contributed by atoms with E-state index in [0.29, 0.717) is 62.9 Å². The normalized spacial score (nSPS) is 12.7. The number of carbonyl (C=O) groups is 9. The SMILES string of the molecule is NCCCC[C@H](CC(=O)SCNC(=O)[C@H](CC(=O)O)NC(=O)Cc1ccc(CNC(=O)NCCCCCNC(=O)N[C@@H](CCC(=O)O)C(=O)O)cc1)C(=O)N[C@H](CN)CS. The lowest BCUT2D eigenvalue weighted by Crippen LogP contribution is -2.48. The Bertz CT molecular complexity index is 1570. The van der Waals surface area contributed by atoms with Gasteiger partial charge in [-0.3, -0.25) is 28.8 Å². The Morgan fingerprint density at radius 3 is 1.90 bits per heavy atom. The summed E-state index contributed by atoms with van der Waals surface area (Å²) in [4.78, 5) is 109. The first-order valence-electron chi connectivity index (χ1n) is 19.4. The summed E-state index contributed by atoms with van der Waals surface area (Å²) in [5.41, 5.74) is 12.5. The van der Waals surface area contributed by atoms with E-state index >= 15 is 0 Å². The number of nitrogens with two attached hydrogens (primary N) is 2. The Hall–Kier alpha value is -5.13. The fraction of sp³-hybridized carbons (Fsp3) is 0.595. The highest BCUT2D eigenvalue weighted by molar-refractivity contribution is 8.13. The minimum absolute atomic E-state index is 0.105. The Labute approximate surface area is 357 Å². The summed E-state index contributed by atoms with van der Waals surface area (Å²) < 4.78 is 0. The molecule has 0 saturated carbocycles. The first-order valence-corrected chi connectivity index (χ1v) is 21.0. The van der Waals surface area contributed by atoms with Crippen LogP contribution in [0.3, 0.4) is 0 Å². The Balaban J connectivity index is 2.46. The largest absolute Gasteiger partial charge is 0.481 e. The van der Waals surface area contributed by atoms with Gasteiger partial charge >= 0.3 is 30.0 Å². The quantitative estimate of drug-likeness (QED) is 0.0257. The summed E-state index contributed by atoms with van der Waals surface area (Å²) in [5.74, 6) is -6.10. The van der Waals surface area contributed by atoms with Gasteiger partial charge in [-0.15, -0.1) is 0 Å². The molecule has 0 unspecified atom stereocenters. The zero-order valence-corrected chi connectivity index (χ0v) is 35.1. The lowest BCUT2D eigenvalue weighted by Gasteiger charge is -2.20. The van der Waals surface area contributed by atoms with E-state index < -0.39 is 72.6 Å². The predicted octanol–water partition coefficient (Wildman–Crippen LogP) is -0.383. The molecule has 0 radical (unpaired) electrons. The minimum atomic E-state index is -1.42. The third-order valence-corrected chi connectivity index (χ3v) is 9.89. The van der Waals surface area contributed by atoms with Gasteiger partial charge in [0.2, 0.25) is 17.7 Å². The molecule has 0 aliphatic rings. The van der Waals surface area contributed by atoms with Crippen molar-refractivity contribution in [3.05, 3.63) is 35.4 Å². The van der Waals surface area contributed by atoms with Crippen LogP contribution in [-0.2, 0) is 46.5 Å². The molecule has 336 valence electrons. The summed E-state index contributed by atoms with van der Waals surface area (Å²) in [6.45, 7) is 1.40. The molecular formula is C37H59N9O12S2. The standard InChI is InChI=1S/C37H59N9O12S2/c38-13-3-2-6-25(33(53)44-26(19-39)21-59)17-32(52)60-22-43-34(54)28(18-31(50)51)45-29(47)16-23-7-9-24(10-8-23)20-42-36(57)40-14-4-1-5-15-41-37(58)46-27(35(55)56)11-12-30(48)49/h7-10,25-28,59H,1-6,11-22,38-39H2,(H,43,54)(H,44,53)(H,45,47)(H,48,49)(H,50,51)(H,55,56)(H2,40,42,57)(H2,41,46,58)/t25-,26-,27+,28+/m1/s1. The number of unbranched alkanes of at least 4 members (excludes halogenated alkanes) is 3. The number of carboxylic acids is 3. The van der Waals surface area contributed by atoms with Crippen LogP contribution >= 0.6 is 24.4 Å². The van der Waals surface area contributed by atoms with Crippen LogP contribution < -0.4 is 48.7 Å². The van der Waals surface area contributed by atoms with Gasteiger partial charge in [0.1, 0.15) is 12.1 Å². The van der Waals surface area contributed by atoms with Crippen molar-refractivity contribution in [1.29, 1.82) is 0 Å². The smallest absolute Gasteiger partial charge is 0.326 e. The average Bonchev–Trinajstić information content (AvgIpc) is 3.19. The third kappa shape index (κ3) is 24.7. The number of thioether (sulfide) groups is 1. The lowest BCUT2D eigenvalue weighted by atomic mass is 9.97. The van der Waals surface area contributed by atoms with Gasteiger partial charge in [-0.25, -0.2) is 14.4 Å². The number of rotatable bonds is 31. The Morgan fingerprint density at radius 1 is 0.667 bits per heavy atom. The van der Waals surface area contributed by atoms with Gasteiger partial charge in [0.15, 0.2) is 5.12 Å². The summed E-state index contributed by atoms with van der Waals surface area (Å²) in [6, 6.07) is 2.44. The monoisotopic (exact) mass is 885 g/mol. The average molecular weight is 886 g/mol. The van der Waals surface area contributed by atoms with Crippen molar-refractivity contribution < 1.29 is 58.5 Å². The van der Waals surface area contributed by atoms with Gasteiger partial charge in [0, 0.05) is 56.7 Å².